The Hall–Kier alpha value is -1.91. The molecule has 1 atom stereocenters. The zero-order chi connectivity index (χ0) is 20.6. The van der Waals surface area contributed by atoms with Crippen molar-refractivity contribution >= 4 is 16.7 Å². The minimum atomic E-state index is 0.0748. The van der Waals surface area contributed by atoms with Crippen LogP contribution >= 0.6 is 0 Å². The van der Waals surface area contributed by atoms with Crippen molar-refractivity contribution in [3.8, 4) is 0 Å². The standard InChI is InChI=1S/C25H37N3O/c1-4-23(16-20-9-12-21-7-5-6-8-22(21)15-20)27-28-24-13-10-19(11-14-24)17-26-25(29)18(2)3/h5-9,12,15,18-19,23-24,27-28H,4,10-11,13-14,16-17H2,1-3H3,(H,26,29). The molecule has 2 aromatic carbocycles. The van der Waals surface area contributed by atoms with Gasteiger partial charge in [0, 0.05) is 24.5 Å². The molecule has 0 saturated heterocycles. The maximum atomic E-state index is 11.7. The molecule has 1 amide bonds. The monoisotopic (exact) mass is 395 g/mol. The van der Waals surface area contributed by atoms with Crippen LogP contribution in [-0.4, -0.2) is 24.5 Å². The third kappa shape index (κ3) is 6.55. The molecule has 1 unspecified atom stereocenters. The molecule has 4 nitrogen and oxygen atoms in total. The van der Waals surface area contributed by atoms with Crippen LogP contribution in [0.25, 0.3) is 10.8 Å². The lowest BCUT2D eigenvalue weighted by molar-refractivity contribution is -0.124. The van der Waals surface area contributed by atoms with Gasteiger partial charge >= 0.3 is 0 Å². The molecule has 0 spiro atoms. The zero-order valence-electron chi connectivity index (χ0n) is 18.2. The van der Waals surface area contributed by atoms with E-state index in [0.29, 0.717) is 18.0 Å². The van der Waals surface area contributed by atoms with Crippen LogP contribution in [-0.2, 0) is 11.2 Å². The Morgan fingerprint density at radius 1 is 1.03 bits per heavy atom. The maximum absolute atomic E-state index is 11.7. The number of fused-ring (bicyclic) bond motifs is 1. The molecule has 1 saturated carbocycles. The van der Waals surface area contributed by atoms with Crippen molar-refractivity contribution in [3.05, 3.63) is 48.0 Å². The summed E-state index contributed by atoms with van der Waals surface area (Å²) in [5.74, 6) is 0.868. The molecule has 29 heavy (non-hydrogen) atoms. The van der Waals surface area contributed by atoms with Crippen LogP contribution in [0.1, 0.15) is 58.4 Å². The third-order valence-electron chi connectivity index (χ3n) is 6.22. The highest BCUT2D eigenvalue weighted by molar-refractivity contribution is 5.83. The van der Waals surface area contributed by atoms with E-state index in [1.165, 1.54) is 42.0 Å². The Balaban J connectivity index is 1.41. The van der Waals surface area contributed by atoms with Crippen molar-refractivity contribution in [3.63, 3.8) is 0 Å². The third-order valence-corrected chi connectivity index (χ3v) is 6.22. The number of amides is 1. The van der Waals surface area contributed by atoms with E-state index < -0.39 is 0 Å². The Bertz CT molecular complexity index is 780. The molecular weight excluding hydrogens is 358 g/mol. The van der Waals surface area contributed by atoms with E-state index >= 15 is 0 Å². The second-order valence-electron chi connectivity index (χ2n) is 8.90. The van der Waals surface area contributed by atoms with E-state index in [2.05, 4.69) is 65.6 Å². The molecule has 2 aromatic rings. The number of hydrazine groups is 1. The summed E-state index contributed by atoms with van der Waals surface area (Å²) in [6.45, 7) is 6.97. The van der Waals surface area contributed by atoms with E-state index in [-0.39, 0.29) is 11.8 Å². The molecule has 3 rings (SSSR count). The van der Waals surface area contributed by atoms with Crippen molar-refractivity contribution in [1.29, 1.82) is 0 Å². The van der Waals surface area contributed by atoms with E-state index in [1.54, 1.807) is 0 Å². The number of benzene rings is 2. The molecular formula is C25H37N3O. The van der Waals surface area contributed by atoms with Crippen LogP contribution in [0.15, 0.2) is 42.5 Å². The lowest BCUT2D eigenvalue weighted by Crippen LogP contribution is -2.48. The lowest BCUT2D eigenvalue weighted by Gasteiger charge is -2.31. The van der Waals surface area contributed by atoms with Crippen LogP contribution in [0, 0.1) is 11.8 Å². The van der Waals surface area contributed by atoms with Crippen LogP contribution in [0.3, 0.4) is 0 Å². The minimum Gasteiger partial charge on any atom is -0.356 e. The number of carbonyl (C=O) groups excluding carboxylic acids is 1. The van der Waals surface area contributed by atoms with Gasteiger partial charge in [-0.25, -0.2) is 0 Å². The highest BCUT2D eigenvalue weighted by Crippen LogP contribution is 2.24. The first-order valence-electron chi connectivity index (χ1n) is 11.3. The van der Waals surface area contributed by atoms with Crippen LogP contribution in [0.5, 0.6) is 0 Å². The summed E-state index contributed by atoms with van der Waals surface area (Å²) in [7, 11) is 0. The summed E-state index contributed by atoms with van der Waals surface area (Å²) in [5, 5.41) is 5.71. The maximum Gasteiger partial charge on any atom is 0.222 e. The summed E-state index contributed by atoms with van der Waals surface area (Å²) in [5.41, 5.74) is 8.58. The fraction of sp³-hybridized carbons (Fsp3) is 0.560. The molecule has 0 heterocycles. The molecule has 1 aliphatic rings. The van der Waals surface area contributed by atoms with Gasteiger partial charge in [0.05, 0.1) is 0 Å². The topological polar surface area (TPSA) is 53.2 Å². The zero-order valence-corrected chi connectivity index (χ0v) is 18.2. The molecule has 0 radical (unpaired) electrons. The van der Waals surface area contributed by atoms with Gasteiger partial charge in [0.25, 0.3) is 0 Å². The van der Waals surface area contributed by atoms with E-state index in [1.807, 2.05) is 13.8 Å². The predicted molar refractivity (Wildman–Crippen MR) is 122 cm³/mol. The Morgan fingerprint density at radius 2 is 1.76 bits per heavy atom. The van der Waals surface area contributed by atoms with Crippen molar-refractivity contribution in [2.75, 3.05) is 6.54 Å². The second-order valence-corrected chi connectivity index (χ2v) is 8.90. The average molecular weight is 396 g/mol. The van der Waals surface area contributed by atoms with Gasteiger partial charge in [-0.15, -0.1) is 0 Å². The summed E-state index contributed by atoms with van der Waals surface area (Å²) in [4.78, 5) is 11.7. The highest BCUT2D eigenvalue weighted by atomic mass is 16.1. The summed E-state index contributed by atoms with van der Waals surface area (Å²) in [6.07, 6.45) is 6.82. The van der Waals surface area contributed by atoms with E-state index in [4.69, 9.17) is 0 Å². The Labute approximate surface area is 175 Å². The quantitative estimate of drug-likeness (QED) is 0.545. The number of carbonyl (C=O) groups is 1. The minimum absolute atomic E-state index is 0.0748. The van der Waals surface area contributed by atoms with E-state index in [9.17, 15) is 4.79 Å². The number of hydrogen-bond donors (Lipinski definition) is 3. The van der Waals surface area contributed by atoms with Crippen molar-refractivity contribution in [2.45, 2.75) is 71.4 Å². The summed E-state index contributed by atoms with van der Waals surface area (Å²) in [6, 6.07) is 16.3. The van der Waals surface area contributed by atoms with Gasteiger partial charge in [0.15, 0.2) is 0 Å². The average Bonchev–Trinajstić information content (AvgIpc) is 2.75. The van der Waals surface area contributed by atoms with E-state index in [0.717, 1.165) is 19.4 Å². The van der Waals surface area contributed by atoms with Crippen LogP contribution < -0.4 is 16.2 Å². The van der Waals surface area contributed by atoms with Crippen molar-refractivity contribution < 1.29 is 4.79 Å². The number of rotatable bonds is 9. The summed E-state index contributed by atoms with van der Waals surface area (Å²) < 4.78 is 0. The first-order chi connectivity index (χ1) is 14.0. The van der Waals surface area contributed by atoms with Gasteiger partial charge in [-0.1, -0.05) is 63.2 Å². The first-order valence-corrected chi connectivity index (χ1v) is 11.3. The Morgan fingerprint density at radius 3 is 2.45 bits per heavy atom. The number of nitrogens with one attached hydrogen (secondary N) is 3. The lowest BCUT2D eigenvalue weighted by atomic mass is 9.86. The van der Waals surface area contributed by atoms with Crippen molar-refractivity contribution in [1.82, 2.24) is 16.2 Å². The SMILES string of the molecule is CCC(Cc1ccc2ccccc2c1)NNC1CCC(CNC(=O)C(C)C)CC1. The number of hydrogen-bond acceptors (Lipinski definition) is 3. The van der Waals surface area contributed by atoms with Crippen molar-refractivity contribution in [2.24, 2.45) is 11.8 Å². The highest BCUT2D eigenvalue weighted by Gasteiger charge is 2.22. The summed E-state index contributed by atoms with van der Waals surface area (Å²) >= 11 is 0. The van der Waals surface area contributed by atoms with Gasteiger partial charge in [-0.05, 0) is 60.8 Å². The normalized spacial score (nSPS) is 20.7. The molecule has 0 bridgehead atoms. The van der Waals surface area contributed by atoms with Gasteiger partial charge in [-0.2, -0.15) is 0 Å². The van der Waals surface area contributed by atoms with Gasteiger partial charge < -0.3 is 5.32 Å². The molecule has 0 aliphatic heterocycles. The van der Waals surface area contributed by atoms with Gasteiger partial charge in [0.2, 0.25) is 5.91 Å². The molecule has 3 N–H and O–H groups in total. The predicted octanol–water partition coefficient (Wildman–Crippen LogP) is 4.59. The van der Waals surface area contributed by atoms with Gasteiger partial charge in [-0.3, -0.25) is 15.6 Å². The second kappa shape index (κ2) is 10.7. The molecule has 1 aliphatic carbocycles. The fourth-order valence-electron chi connectivity index (χ4n) is 4.14. The fourth-order valence-corrected chi connectivity index (χ4v) is 4.14. The first kappa shape index (κ1) is 21.8. The molecule has 0 aromatic heterocycles. The van der Waals surface area contributed by atoms with Crippen LogP contribution in [0.4, 0.5) is 0 Å². The Kier molecular flexibility index (Phi) is 8.08. The molecule has 4 heteroatoms. The largest absolute Gasteiger partial charge is 0.356 e. The van der Waals surface area contributed by atoms with Gasteiger partial charge in [0.1, 0.15) is 0 Å². The van der Waals surface area contributed by atoms with Crippen LogP contribution in [0.2, 0.25) is 0 Å². The molecule has 158 valence electrons. The molecule has 1 fully saturated rings. The smallest absolute Gasteiger partial charge is 0.222 e.